The molecular formula is C11H10BrN5O2S. The number of halogens is 1. The van der Waals surface area contributed by atoms with E-state index in [1.54, 1.807) is 12.1 Å². The molecule has 0 unspecified atom stereocenters. The predicted octanol–water partition coefficient (Wildman–Crippen LogP) is 1.28. The van der Waals surface area contributed by atoms with E-state index in [9.17, 15) is 9.90 Å². The Morgan fingerprint density at radius 1 is 1.55 bits per heavy atom. The van der Waals surface area contributed by atoms with Gasteiger partial charge in [-0.2, -0.15) is 5.10 Å². The minimum atomic E-state index is -0.341. The van der Waals surface area contributed by atoms with Gasteiger partial charge in [-0.25, -0.2) is 5.43 Å². The van der Waals surface area contributed by atoms with Crippen LogP contribution >= 0.6 is 27.3 Å². The summed E-state index contributed by atoms with van der Waals surface area (Å²) in [5.74, 6) is -0.269. The summed E-state index contributed by atoms with van der Waals surface area (Å²) in [6.45, 7) is 0. The van der Waals surface area contributed by atoms with Crippen molar-refractivity contribution in [3.8, 4) is 5.75 Å². The molecule has 0 radical (unpaired) electrons. The van der Waals surface area contributed by atoms with Crippen molar-refractivity contribution in [2.45, 2.75) is 6.42 Å². The Kier molecular flexibility index (Phi) is 4.64. The van der Waals surface area contributed by atoms with Crippen molar-refractivity contribution in [1.29, 1.82) is 0 Å². The van der Waals surface area contributed by atoms with E-state index in [2.05, 4.69) is 36.7 Å². The second kappa shape index (κ2) is 6.44. The molecule has 9 heteroatoms. The summed E-state index contributed by atoms with van der Waals surface area (Å²) < 4.78 is 0.799. The molecule has 0 saturated heterocycles. The number of aromatic nitrogens is 2. The van der Waals surface area contributed by atoms with Gasteiger partial charge in [0.25, 0.3) is 0 Å². The Labute approximate surface area is 126 Å². The number of phenolic OH excluding ortho intramolecular Hbond substituents is 1. The molecule has 104 valence electrons. The molecule has 0 atom stereocenters. The summed E-state index contributed by atoms with van der Waals surface area (Å²) in [4.78, 5) is 11.6. The minimum Gasteiger partial charge on any atom is -0.507 e. The van der Waals surface area contributed by atoms with Crippen LogP contribution in [0.4, 0.5) is 5.13 Å². The van der Waals surface area contributed by atoms with Gasteiger partial charge >= 0.3 is 0 Å². The SMILES string of the molecule is Nc1nnc(CC(=O)NN=Cc2cc(Br)ccc2O)s1. The zero-order chi connectivity index (χ0) is 14.5. The standard InChI is InChI=1S/C11H10BrN5O2S/c12-7-1-2-8(18)6(3-7)5-14-15-9(19)4-10-16-17-11(13)20-10/h1-3,5,18H,4H2,(H2,13,17)(H,15,19). The number of phenols is 1. The number of rotatable bonds is 4. The molecule has 7 nitrogen and oxygen atoms in total. The van der Waals surface area contributed by atoms with E-state index in [1.807, 2.05) is 0 Å². The number of hydrazone groups is 1. The molecule has 0 bridgehead atoms. The molecule has 0 spiro atoms. The second-order valence-electron chi connectivity index (χ2n) is 3.71. The number of benzene rings is 1. The summed E-state index contributed by atoms with van der Waals surface area (Å²) in [5.41, 5.74) is 8.24. The lowest BCUT2D eigenvalue weighted by Gasteiger charge is -1.99. The highest BCUT2D eigenvalue weighted by molar-refractivity contribution is 9.10. The van der Waals surface area contributed by atoms with Crippen LogP contribution in [0.25, 0.3) is 0 Å². The Bertz CT molecular complexity index is 658. The van der Waals surface area contributed by atoms with Gasteiger partial charge in [0.1, 0.15) is 10.8 Å². The van der Waals surface area contributed by atoms with Crippen molar-refractivity contribution in [3.63, 3.8) is 0 Å². The Morgan fingerprint density at radius 3 is 3.05 bits per heavy atom. The van der Waals surface area contributed by atoms with Crippen LogP contribution in [0.5, 0.6) is 5.75 Å². The van der Waals surface area contributed by atoms with Crippen LogP contribution in [0.3, 0.4) is 0 Å². The van der Waals surface area contributed by atoms with Gasteiger partial charge in [-0.1, -0.05) is 27.3 Å². The van der Waals surface area contributed by atoms with Gasteiger partial charge in [0.2, 0.25) is 11.0 Å². The van der Waals surface area contributed by atoms with Gasteiger partial charge in [0.15, 0.2) is 0 Å². The highest BCUT2D eigenvalue weighted by Gasteiger charge is 2.07. The molecule has 4 N–H and O–H groups in total. The Hall–Kier alpha value is -2.00. The van der Waals surface area contributed by atoms with Gasteiger partial charge < -0.3 is 10.8 Å². The zero-order valence-electron chi connectivity index (χ0n) is 10.1. The molecule has 0 fully saturated rings. The predicted molar refractivity (Wildman–Crippen MR) is 79.6 cm³/mol. The number of hydrogen-bond acceptors (Lipinski definition) is 7. The number of nitrogens with two attached hydrogens (primary N) is 1. The van der Waals surface area contributed by atoms with Gasteiger partial charge in [-0.3, -0.25) is 4.79 Å². The Morgan fingerprint density at radius 2 is 2.35 bits per heavy atom. The molecule has 1 aromatic carbocycles. The van der Waals surface area contributed by atoms with E-state index < -0.39 is 0 Å². The molecule has 0 saturated carbocycles. The summed E-state index contributed by atoms with van der Waals surface area (Å²) in [7, 11) is 0. The molecule has 1 aromatic heterocycles. The number of hydrogen-bond donors (Lipinski definition) is 3. The topological polar surface area (TPSA) is 113 Å². The maximum atomic E-state index is 11.6. The van der Waals surface area contributed by atoms with Crippen LogP contribution in [0.2, 0.25) is 0 Å². The number of anilines is 1. The minimum absolute atomic E-state index is 0.0523. The molecule has 0 aliphatic carbocycles. The molecule has 2 rings (SSSR count). The largest absolute Gasteiger partial charge is 0.507 e. The van der Waals surface area contributed by atoms with Crippen molar-refractivity contribution in [2.24, 2.45) is 5.10 Å². The first-order valence-electron chi connectivity index (χ1n) is 5.43. The summed E-state index contributed by atoms with van der Waals surface area (Å²) in [5, 5.41) is 21.5. The zero-order valence-corrected chi connectivity index (χ0v) is 12.5. The lowest BCUT2D eigenvalue weighted by atomic mass is 10.2. The average molecular weight is 356 g/mol. The number of nitrogen functional groups attached to an aromatic ring is 1. The van der Waals surface area contributed by atoms with Crippen molar-refractivity contribution < 1.29 is 9.90 Å². The third kappa shape index (κ3) is 4.00. The van der Waals surface area contributed by atoms with Gasteiger partial charge in [-0.15, -0.1) is 10.2 Å². The van der Waals surface area contributed by atoms with Crippen LogP contribution < -0.4 is 11.2 Å². The lowest BCUT2D eigenvalue weighted by Crippen LogP contribution is -2.19. The van der Waals surface area contributed by atoms with Gasteiger partial charge in [-0.05, 0) is 18.2 Å². The molecule has 1 heterocycles. The monoisotopic (exact) mass is 355 g/mol. The van der Waals surface area contributed by atoms with Crippen molar-refractivity contribution in [1.82, 2.24) is 15.6 Å². The number of nitrogens with zero attached hydrogens (tertiary/aromatic N) is 3. The number of nitrogens with one attached hydrogen (secondary N) is 1. The number of carbonyl (C=O) groups excluding carboxylic acids is 1. The van der Waals surface area contributed by atoms with Crippen LogP contribution in [0.15, 0.2) is 27.8 Å². The number of amides is 1. The quantitative estimate of drug-likeness (QED) is 0.564. The third-order valence-electron chi connectivity index (χ3n) is 2.18. The maximum absolute atomic E-state index is 11.6. The van der Waals surface area contributed by atoms with Gasteiger partial charge in [0.05, 0.1) is 12.6 Å². The third-order valence-corrected chi connectivity index (χ3v) is 3.42. The smallest absolute Gasteiger partial charge is 0.247 e. The van der Waals surface area contributed by atoms with Crippen molar-refractivity contribution in [3.05, 3.63) is 33.2 Å². The van der Waals surface area contributed by atoms with Crippen LogP contribution in [-0.2, 0) is 11.2 Å². The fourth-order valence-corrected chi connectivity index (χ4v) is 2.30. The highest BCUT2D eigenvalue weighted by Crippen LogP contribution is 2.19. The average Bonchev–Trinajstić information content (AvgIpc) is 2.79. The fraction of sp³-hybridized carbons (Fsp3) is 0.0909. The normalized spacial score (nSPS) is 10.8. The maximum Gasteiger partial charge on any atom is 0.247 e. The van der Waals surface area contributed by atoms with E-state index >= 15 is 0 Å². The van der Waals surface area contributed by atoms with Crippen molar-refractivity contribution in [2.75, 3.05) is 5.73 Å². The molecule has 0 aliphatic heterocycles. The van der Waals surface area contributed by atoms with Gasteiger partial charge in [0, 0.05) is 10.0 Å². The molecule has 1 amide bonds. The summed E-state index contributed by atoms with van der Waals surface area (Å²) in [6, 6.07) is 4.90. The van der Waals surface area contributed by atoms with E-state index in [0.29, 0.717) is 15.7 Å². The van der Waals surface area contributed by atoms with Crippen LogP contribution in [0, 0.1) is 0 Å². The summed E-state index contributed by atoms with van der Waals surface area (Å²) in [6.07, 6.45) is 1.41. The van der Waals surface area contributed by atoms with E-state index in [-0.39, 0.29) is 18.1 Å². The van der Waals surface area contributed by atoms with E-state index in [1.165, 1.54) is 12.3 Å². The molecule has 2 aromatic rings. The highest BCUT2D eigenvalue weighted by atomic mass is 79.9. The second-order valence-corrected chi connectivity index (χ2v) is 5.72. The number of carbonyl (C=O) groups is 1. The first-order valence-corrected chi connectivity index (χ1v) is 7.04. The van der Waals surface area contributed by atoms with Crippen LogP contribution in [0.1, 0.15) is 10.6 Å². The molecular weight excluding hydrogens is 346 g/mol. The lowest BCUT2D eigenvalue weighted by molar-refractivity contribution is -0.120. The molecule has 0 aliphatic rings. The van der Waals surface area contributed by atoms with E-state index in [0.717, 1.165) is 15.8 Å². The molecule has 20 heavy (non-hydrogen) atoms. The number of aromatic hydroxyl groups is 1. The van der Waals surface area contributed by atoms with Crippen molar-refractivity contribution >= 4 is 44.5 Å². The van der Waals surface area contributed by atoms with E-state index in [4.69, 9.17) is 5.73 Å². The first-order chi connectivity index (χ1) is 9.54. The first kappa shape index (κ1) is 14.4. The fourth-order valence-electron chi connectivity index (χ4n) is 1.32. The van der Waals surface area contributed by atoms with Crippen LogP contribution in [-0.4, -0.2) is 27.4 Å². The summed E-state index contributed by atoms with van der Waals surface area (Å²) >= 11 is 4.42. The Balaban J connectivity index is 1.92.